The molecule has 2 aromatic rings. The van der Waals surface area contributed by atoms with E-state index in [0.717, 1.165) is 37.1 Å². The molecular formula is C16H18F3NS. The third-order valence-corrected chi connectivity index (χ3v) is 4.12. The molecule has 0 amide bonds. The highest BCUT2D eigenvalue weighted by Gasteiger charge is 2.30. The average Bonchev–Trinajstić information content (AvgIpc) is 2.96. The minimum Gasteiger partial charge on any atom is -0.310 e. The van der Waals surface area contributed by atoms with Crippen LogP contribution in [0.25, 0.3) is 0 Å². The molecule has 1 nitrogen and oxygen atoms in total. The van der Waals surface area contributed by atoms with Gasteiger partial charge in [-0.15, -0.1) is 0 Å². The summed E-state index contributed by atoms with van der Waals surface area (Å²) in [5, 5.41) is 7.49. The summed E-state index contributed by atoms with van der Waals surface area (Å²) in [6, 6.07) is 7.62. The van der Waals surface area contributed by atoms with Gasteiger partial charge in [-0.1, -0.05) is 19.1 Å². The van der Waals surface area contributed by atoms with Crippen LogP contribution in [0, 0.1) is 0 Å². The summed E-state index contributed by atoms with van der Waals surface area (Å²) < 4.78 is 37.8. The maximum absolute atomic E-state index is 12.6. The Bertz CT molecular complexity index is 532. The molecule has 0 saturated carbocycles. The molecule has 0 aliphatic heterocycles. The van der Waals surface area contributed by atoms with Crippen LogP contribution in [0.4, 0.5) is 13.2 Å². The van der Waals surface area contributed by atoms with Gasteiger partial charge in [-0.2, -0.15) is 24.5 Å². The Balaban J connectivity index is 2.06. The van der Waals surface area contributed by atoms with E-state index >= 15 is 0 Å². The van der Waals surface area contributed by atoms with Gasteiger partial charge in [0.25, 0.3) is 0 Å². The summed E-state index contributed by atoms with van der Waals surface area (Å²) in [7, 11) is 0. The normalized spacial score (nSPS) is 13.3. The smallest absolute Gasteiger partial charge is 0.310 e. The van der Waals surface area contributed by atoms with E-state index in [4.69, 9.17) is 0 Å². The fourth-order valence-electron chi connectivity index (χ4n) is 2.28. The zero-order chi connectivity index (χ0) is 15.3. The predicted molar refractivity (Wildman–Crippen MR) is 80.5 cm³/mol. The van der Waals surface area contributed by atoms with Gasteiger partial charge in [0.2, 0.25) is 0 Å². The lowest BCUT2D eigenvalue weighted by Crippen LogP contribution is -2.21. The molecule has 0 saturated heterocycles. The number of aryl methyl sites for hydroxylation is 1. The van der Waals surface area contributed by atoms with Crippen molar-refractivity contribution in [2.45, 2.75) is 32.0 Å². The summed E-state index contributed by atoms with van der Waals surface area (Å²) in [4.78, 5) is 0. The molecule has 1 heterocycles. The van der Waals surface area contributed by atoms with Gasteiger partial charge in [-0.05, 0) is 59.5 Å². The van der Waals surface area contributed by atoms with E-state index in [2.05, 4.69) is 16.8 Å². The second kappa shape index (κ2) is 7.09. The minimum absolute atomic E-state index is 0.0807. The van der Waals surface area contributed by atoms with Gasteiger partial charge >= 0.3 is 6.18 Å². The van der Waals surface area contributed by atoms with E-state index in [1.165, 1.54) is 5.56 Å². The maximum atomic E-state index is 12.6. The number of benzene rings is 1. The quantitative estimate of drug-likeness (QED) is 0.787. The highest BCUT2D eigenvalue weighted by molar-refractivity contribution is 7.07. The van der Waals surface area contributed by atoms with E-state index in [-0.39, 0.29) is 6.04 Å². The molecule has 5 heteroatoms. The molecule has 0 radical (unpaired) electrons. The van der Waals surface area contributed by atoms with Gasteiger partial charge in [-0.3, -0.25) is 0 Å². The second-order valence-electron chi connectivity index (χ2n) is 4.90. The first-order chi connectivity index (χ1) is 10.0. The summed E-state index contributed by atoms with van der Waals surface area (Å²) in [6.45, 7) is 2.79. The van der Waals surface area contributed by atoms with Crippen LogP contribution in [0.3, 0.4) is 0 Å². The molecule has 0 bridgehead atoms. The van der Waals surface area contributed by atoms with Crippen molar-refractivity contribution in [3.8, 4) is 0 Å². The summed E-state index contributed by atoms with van der Waals surface area (Å²) in [5.41, 5.74) is 1.58. The monoisotopic (exact) mass is 313 g/mol. The number of alkyl halides is 3. The molecule has 0 spiro atoms. The van der Waals surface area contributed by atoms with Crippen molar-refractivity contribution in [3.05, 3.63) is 57.8 Å². The Kier molecular flexibility index (Phi) is 5.42. The van der Waals surface area contributed by atoms with Gasteiger partial charge in [0.05, 0.1) is 5.56 Å². The van der Waals surface area contributed by atoms with Crippen LogP contribution >= 0.6 is 11.3 Å². The van der Waals surface area contributed by atoms with E-state index in [9.17, 15) is 13.2 Å². The first-order valence-electron chi connectivity index (χ1n) is 6.92. The maximum Gasteiger partial charge on any atom is 0.416 e. The molecule has 1 aromatic heterocycles. The third kappa shape index (κ3) is 4.58. The van der Waals surface area contributed by atoms with Gasteiger partial charge in [-0.25, -0.2) is 0 Å². The van der Waals surface area contributed by atoms with E-state index in [1.54, 1.807) is 23.5 Å². The van der Waals surface area contributed by atoms with Crippen LogP contribution in [-0.2, 0) is 12.6 Å². The van der Waals surface area contributed by atoms with Crippen molar-refractivity contribution in [1.29, 1.82) is 0 Å². The van der Waals surface area contributed by atoms with Crippen molar-refractivity contribution in [2.75, 3.05) is 6.54 Å². The third-order valence-electron chi connectivity index (χ3n) is 3.39. The van der Waals surface area contributed by atoms with Crippen LogP contribution in [0.1, 0.15) is 36.1 Å². The van der Waals surface area contributed by atoms with Crippen LogP contribution < -0.4 is 5.32 Å². The van der Waals surface area contributed by atoms with Crippen molar-refractivity contribution >= 4 is 11.3 Å². The van der Waals surface area contributed by atoms with E-state index in [1.807, 2.05) is 12.3 Å². The van der Waals surface area contributed by atoms with Crippen LogP contribution in [0.2, 0.25) is 0 Å². The van der Waals surface area contributed by atoms with Crippen molar-refractivity contribution < 1.29 is 13.2 Å². The lowest BCUT2D eigenvalue weighted by Gasteiger charge is -2.19. The zero-order valence-electron chi connectivity index (χ0n) is 11.8. The van der Waals surface area contributed by atoms with Crippen LogP contribution in [0.5, 0.6) is 0 Å². The van der Waals surface area contributed by atoms with Crippen LogP contribution in [-0.4, -0.2) is 6.54 Å². The number of nitrogens with one attached hydrogen (secondary N) is 1. The summed E-state index contributed by atoms with van der Waals surface area (Å²) in [5.74, 6) is 0. The largest absolute Gasteiger partial charge is 0.416 e. The fourth-order valence-corrected chi connectivity index (χ4v) is 2.99. The van der Waals surface area contributed by atoms with Gasteiger partial charge in [0.1, 0.15) is 0 Å². The Labute approximate surface area is 126 Å². The second-order valence-corrected chi connectivity index (χ2v) is 5.68. The molecular weight excluding hydrogens is 295 g/mol. The first-order valence-corrected chi connectivity index (χ1v) is 7.86. The number of thiophene rings is 1. The fraction of sp³-hybridized carbons (Fsp3) is 0.375. The van der Waals surface area contributed by atoms with Crippen molar-refractivity contribution in [2.24, 2.45) is 0 Å². The molecule has 1 unspecified atom stereocenters. The highest BCUT2D eigenvalue weighted by atomic mass is 32.1. The molecule has 1 aromatic carbocycles. The van der Waals surface area contributed by atoms with E-state index < -0.39 is 11.7 Å². The van der Waals surface area contributed by atoms with Crippen LogP contribution in [0.15, 0.2) is 41.1 Å². The predicted octanol–water partition coefficient (Wildman–Crippen LogP) is 5.05. The molecule has 21 heavy (non-hydrogen) atoms. The minimum atomic E-state index is -4.27. The zero-order valence-corrected chi connectivity index (χ0v) is 12.6. The van der Waals surface area contributed by atoms with E-state index in [0.29, 0.717) is 0 Å². The standard InChI is InChI=1S/C16H18F3NS/c1-2-20-15(8-3-12-9-10-21-11-12)13-4-6-14(7-5-13)16(17,18)19/h4-7,9-11,15,20H,2-3,8H2,1H3. The molecule has 1 atom stereocenters. The number of rotatable bonds is 6. The molecule has 114 valence electrons. The van der Waals surface area contributed by atoms with Crippen molar-refractivity contribution in [3.63, 3.8) is 0 Å². The number of hydrogen-bond donors (Lipinski definition) is 1. The Hall–Kier alpha value is -1.33. The van der Waals surface area contributed by atoms with Gasteiger partial charge in [0, 0.05) is 6.04 Å². The lowest BCUT2D eigenvalue weighted by atomic mass is 9.99. The highest BCUT2D eigenvalue weighted by Crippen LogP contribution is 2.30. The SMILES string of the molecule is CCNC(CCc1ccsc1)c1ccc(C(F)(F)F)cc1. The average molecular weight is 313 g/mol. The molecule has 0 aliphatic rings. The van der Waals surface area contributed by atoms with Gasteiger partial charge in [0.15, 0.2) is 0 Å². The van der Waals surface area contributed by atoms with Gasteiger partial charge < -0.3 is 5.32 Å². The number of halogens is 3. The Morgan fingerprint density at radius 1 is 1.14 bits per heavy atom. The molecule has 1 N–H and O–H groups in total. The Morgan fingerprint density at radius 3 is 2.38 bits per heavy atom. The number of hydrogen-bond acceptors (Lipinski definition) is 2. The molecule has 0 aliphatic carbocycles. The van der Waals surface area contributed by atoms with Crippen molar-refractivity contribution in [1.82, 2.24) is 5.32 Å². The lowest BCUT2D eigenvalue weighted by molar-refractivity contribution is -0.137. The summed E-state index contributed by atoms with van der Waals surface area (Å²) >= 11 is 1.66. The topological polar surface area (TPSA) is 12.0 Å². The first kappa shape index (κ1) is 16.0. The Morgan fingerprint density at radius 2 is 1.86 bits per heavy atom. The summed E-state index contributed by atoms with van der Waals surface area (Å²) in [6.07, 6.45) is -2.49. The molecule has 2 rings (SSSR count). The molecule has 0 fully saturated rings.